The first kappa shape index (κ1) is 20.5. The van der Waals surface area contributed by atoms with Gasteiger partial charge >= 0.3 is 0 Å². The van der Waals surface area contributed by atoms with Crippen molar-refractivity contribution in [2.75, 3.05) is 13.6 Å². The van der Waals surface area contributed by atoms with Crippen LogP contribution in [0, 0.1) is 0 Å². The average molecular weight is 414 g/mol. The number of likely N-dealkylation sites (N-methyl/N-ethyl adjacent to an activating group) is 1. The quantitative estimate of drug-likeness (QED) is 0.727. The molecule has 130 valence electrons. The molecule has 0 aliphatic carbocycles. The Kier molecular flexibility index (Phi) is 8.82. The van der Waals surface area contributed by atoms with E-state index in [1.807, 2.05) is 68.6 Å². The smallest absolute Gasteiger partial charge is 0.265 e. The van der Waals surface area contributed by atoms with Crippen LogP contribution in [-0.4, -0.2) is 25.5 Å². The predicted octanol–water partition coefficient (Wildman–Crippen LogP) is 3.72. The normalized spacial score (nSPS) is 12.6. The van der Waals surface area contributed by atoms with Gasteiger partial charge in [-0.1, -0.05) is 42.5 Å². The lowest BCUT2D eigenvalue weighted by Crippen LogP contribution is -2.40. The van der Waals surface area contributed by atoms with Crippen molar-refractivity contribution >= 4 is 34.2 Å². The molecule has 0 aromatic heterocycles. The van der Waals surface area contributed by atoms with Crippen LogP contribution >= 0.6 is 28.3 Å². The summed E-state index contributed by atoms with van der Waals surface area (Å²) in [5.41, 5.74) is 0.817. The molecule has 0 spiro atoms. The molecule has 0 saturated carbocycles. The van der Waals surface area contributed by atoms with Gasteiger partial charge in [0.1, 0.15) is 5.75 Å². The summed E-state index contributed by atoms with van der Waals surface area (Å²) >= 11 is 3.45. The van der Waals surface area contributed by atoms with Crippen molar-refractivity contribution < 1.29 is 9.53 Å². The van der Waals surface area contributed by atoms with E-state index in [9.17, 15) is 4.79 Å². The Morgan fingerprint density at radius 2 is 1.75 bits per heavy atom. The second kappa shape index (κ2) is 10.3. The monoisotopic (exact) mass is 412 g/mol. The standard InChI is InChI=1S/C18H21BrN2O2.ClH/c1-13(20-2)12-21-18(22)17(14-8-4-3-5-9-14)23-16-11-7-6-10-15(16)19;/h3-11,13,17,20H,12H2,1-2H3,(H,21,22);1H. The van der Waals surface area contributed by atoms with E-state index in [4.69, 9.17) is 4.74 Å². The number of ether oxygens (including phenoxy) is 1. The van der Waals surface area contributed by atoms with E-state index < -0.39 is 6.10 Å². The second-order valence-corrected chi connectivity index (χ2v) is 6.13. The molecule has 0 bridgehead atoms. The zero-order valence-corrected chi connectivity index (χ0v) is 16.1. The maximum Gasteiger partial charge on any atom is 0.265 e. The average Bonchev–Trinajstić information content (AvgIpc) is 2.59. The fourth-order valence-electron chi connectivity index (χ4n) is 2.02. The minimum atomic E-state index is -0.695. The third-order valence-corrected chi connectivity index (χ3v) is 4.15. The third-order valence-electron chi connectivity index (χ3n) is 3.50. The van der Waals surface area contributed by atoms with Crippen LogP contribution in [-0.2, 0) is 4.79 Å². The molecule has 0 heterocycles. The topological polar surface area (TPSA) is 50.4 Å². The highest BCUT2D eigenvalue weighted by Gasteiger charge is 2.23. The number of hydrogen-bond donors (Lipinski definition) is 2. The van der Waals surface area contributed by atoms with Crippen molar-refractivity contribution in [3.05, 3.63) is 64.6 Å². The molecule has 0 radical (unpaired) electrons. The molecule has 0 fully saturated rings. The molecule has 0 aliphatic heterocycles. The molecule has 1 amide bonds. The molecule has 2 N–H and O–H groups in total. The molecule has 2 aromatic rings. The summed E-state index contributed by atoms with van der Waals surface area (Å²) < 4.78 is 6.80. The second-order valence-electron chi connectivity index (χ2n) is 5.27. The van der Waals surface area contributed by atoms with Gasteiger partial charge < -0.3 is 15.4 Å². The third kappa shape index (κ3) is 5.82. The van der Waals surface area contributed by atoms with Gasteiger partial charge in [0, 0.05) is 18.2 Å². The summed E-state index contributed by atoms with van der Waals surface area (Å²) in [6.45, 7) is 2.55. The van der Waals surface area contributed by atoms with E-state index in [0.29, 0.717) is 12.3 Å². The molecular weight excluding hydrogens is 392 g/mol. The lowest BCUT2D eigenvalue weighted by atomic mass is 10.1. The molecule has 6 heteroatoms. The van der Waals surface area contributed by atoms with Gasteiger partial charge in [-0.15, -0.1) is 12.4 Å². The van der Waals surface area contributed by atoms with Crippen LogP contribution < -0.4 is 15.4 Å². The van der Waals surface area contributed by atoms with E-state index in [1.54, 1.807) is 0 Å². The highest BCUT2D eigenvalue weighted by Crippen LogP contribution is 2.29. The first-order chi connectivity index (χ1) is 11.1. The zero-order chi connectivity index (χ0) is 16.7. The maximum atomic E-state index is 12.6. The summed E-state index contributed by atoms with van der Waals surface area (Å²) in [6, 6.07) is 17.2. The van der Waals surface area contributed by atoms with Gasteiger partial charge in [-0.05, 0) is 42.0 Å². The van der Waals surface area contributed by atoms with Crippen molar-refractivity contribution in [1.82, 2.24) is 10.6 Å². The largest absolute Gasteiger partial charge is 0.475 e. The van der Waals surface area contributed by atoms with E-state index >= 15 is 0 Å². The number of rotatable bonds is 7. The van der Waals surface area contributed by atoms with E-state index in [2.05, 4.69) is 26.6 Å². The lowest BCUT2D eigenvalue weighted by Gasteiger charge is -2.21. The summed E-state index contributed by atoms with van der Waals surface area (Å²) in [5.74, 6) is 0.479. The van der Waals surface area contributed by atoms with Gasteiger partial charge in [-0.25, -0.2) is 0 Å². The molecule has 2 rings (SSSR count). The summed E-state index contributed by atoms with van der Waals surface area (Å²) in [4.78, 5) is 12.6. The molecular formula is C18H22BrClN2O2. The Morgan fingerprint density at radius 3 is 2.38 bits per heavy atom. The minimum absolute atomic E-state index is 0. The van der Waals surface area contributed by atoms with Gasteiger partial charge in [0.15, 0.2) is 0 Å². The Morgan fingerprint density at radius 1 is 1.12 bits per heavy atom. The number of nitrogens with one attached hydrogen (secondary N) is 2. The molecule has 24 heavy (non-hydrogen) atoms. The van der Waals surface area contributed by atoms with Crippen LogP contribution in [0.2, 0.25) is 0 Å². The SMILES string of the molecule is CNC(C)CNC(=O)C(Oc1ccccc1Br)c1ccccc1.Cl. The zero-order valence-electron chi connectivity index (χ0n) is 13.7. The molecule has 0 aliphatic rings. The fraction of sp³-hybridized carbons (Fsp3) is 0.278. The molecule has 2 unspecified atom stereocenters. The van der Waals surface area contributed by atoms with Crippen LogP contribution in [0.5, 0.6) is 5.75 Å². The highest BCUT2D eigenvalue weighted by molar-refractivity contribution is 9.10. The predicted molar refractivity (Wildman–Crippen MR) is 103 cm³/mol. The van der Waals surface area contributed by atoms with Crippen molar-refractivity contribution in [3.8, 4) is 5.75 Å². The molecule has 0 saturated heterocycles. The van der Waals surface area contributed by atoms with Crippen molar-refractivity contribution in [2.45, 2.75) is 19.1 Å². The number of carbonyl (C=O) groups excluding carboxylic acids is 1. The van der Waals surface area contributed by atoms with E-state index in [0.717, 1.165) is 10.0 Å². The number of carbonyl (C=O) groups is 1. The summed E-state index contributed by atoms with van der Waals surface area (Å²) in [7, 11) is 1.86. The number of halogens is 2. The molecule has 4 nitrogen and oxygen atoms in total. The van der Waals surface area contributed by atoms with Crippen molar-refractivity contribution in [2.24, 2.45) is 0 Å². The van der Waals surface area contributed by atoms with Gasteiger partial charge in [-0.2, -0.15) is 0 Å². The van der Waals surface area contributed by atoms with Crippen LogP contribution in [0.3, 0.4) is 0 Å². The fourth-order valence-corrected chi connectivity index (χ4v) is 2.39. The Balaban J connectivity index is 0.00000288. The van der Waals surface area contributed by atoms with Gasteiger partial charge in [0.25, 0.3) is 5.91 Å². The van der Waals surface area contributed by atoms with Crippen molar-refractivity contribution in [1.29, 1.82) is 0 Å². The Hall–Kier alpha value is -1.56. The van der Waals surface area contributed by atoms with E-state index in [-0.39, 0.29) is 24.4 Å². The number of amides is 1. The van der Waals surface area contributed by atoms with Crippen LogP contribution in [0.15, 0.2) is 59.1 Å². The van der Waals surface area contributed by atoms with Gasteiger partial charge in [0.05, 0.1) is 4.47 Å². The van der Waals surface area contributed by atoms with Crippen LogP contribution in [0.1, 0.15) is 18.6 Å². The van der Waals surface area contributed by atoms with E-state index in [1.165, 1.54) is 0 Å². The number of hydrogen-bond acceptors (Lipinski definition) is 3. The first-order valence-corrected chi connectivity index (χ1v) is 8.32. The molecule has 2 atom stereocenters. The summed E-state index contributed by atoms with van der Waals surface area (Å²) in [6.07, 6.45) is -0.695. The van der Waals surface area contributed by atoms with Crippen molar-refractivity contribution in [3.63, 3.8) is 0 Å². The van der Waals surface area contributed by atoms with Crippen LogP contribution in [0.25, 0.3) is 0 Å². The van der Waals surface area contributed by atoms with Gasteiger partial charge in [0.2, 0.25) is 6.10 Å². The maximum absolute atomic E-state index is 12.6. The lowest BCUT2D eigenvalue weighted by molar-refractivity contribution is -0.128. The number of para-hydroxylation sites is 1. The minimum Gasteiger partial charge on any atom is -0.475 e. The Labute approximate surface area is 157 Å². The van der Waals surface area contributed by atoms with Crippen LogP contribution in [0.4, 0.5) is 0 Å². The molecule has 2 aromatic carbocycles. The summed E-state index contributed by atoms with van der Waals surface area (Å²) in [5, 5.41) is 6.02. The van der Waals surface area contributed by atoms with Gasteiger partial charge in [-0.3, -0.25) is 4.79 Å². The first-order valence-electron chi connectivity index (χ1n) is 7.53. The number of benzene rings is 2. The highest BCUT2D eigenvalue weighted by atomic mass is 79.9. The Bertz CT molecular complexity index is 640.